The van der Waals surface area contributed by atoms with Gasteiger partial charge in [-0.3, -0.25) is 4.90 Å². The van der Waals surface area contributed by atoms with Crippen LogP contribution >= 0.6 is 15.9 Å². The lowest BCUT2D eigenvalue weighted by Crippen LogP contribution is -2.62. The number of amides is 1. The minimum absolute atomic E-state index is 0.0224. The average molecular weight is 396 g/mol. The minimum atomic E-state index is -0.841. The van der Waals surface area contributed by atoms with E-state index < -0.39 is 6.09 Å². The number of halogens is 1. The maximum absolute atomic E-state index is 11.5. The monoisotopic (exact) mass is 395 g/mol. The van der Waals surface area contributed by atoms with Crippen LogP contribution in [0.3, 0.4) is 0 Å². The highest BCUT2D eigenvalue weighted by Gasteiger charge is 2.41. The first-order chi connectivity index (χ1) is 11.6. The van der Waals surface area contributed by atoms with Crippen LogP contribution in [0.2, 0.25) is 0 Å². The second kappa shape index (κ2) is 5.93. The molecule has 4 rings (SSSR count). The maximum Gasteiger partial charge on any atom is 0.407 e. The number of rotatable bonds is 2. The number of hydrogen-bond acceptors (Lipinski definition) is 5. The summed E-state index contributed by atoms with van der Waals surface area (Å²) in [6.45, 7) is 1.07. The van der Waals surface area contributed by atoms with E-state index in [1.807, 2.05) is 17.0 Å². The molecule has 1 amide bonds. The highest BCUT2D eigenvalue weighted by Crippen LogP contribution is 2.35. The zero-order chi connectivity index (χ0) is 16.8. The molecule has 128 valence electrons. The molecule has 0 spiro atoms. The molecule has 3 heterocycles. The molecule has 24 heavy (non-hydrogen) atoms. The molecule has 2 fully saturated rings. The molecule has 7 nitrogen and oxygen atoms in total. The van der Waals surface area contributed by atoms with E-state index in [0.717, 1.165) is 23.7 Å². The molecular weight excluding hydrogens is 378 g/mol. The zero-order valence-electron chi connectivity index (χ0n) is 13.0. The molecule has 2 saturated heterocycles. The number of aliphatic hydroxyl groups excluding tert-OH is 1. The smallest absolute Gasteiger partial charge is 0.407 e. The Labute approximate surface area is 147 Å². The fraction of sp³-hybridized carbons (Fsp3) is 0.500. The summed E-state index contributed by atoms with van der Waals surface area (Å²) in [5, 5.41) is 18.9. The van der Waals surface area contributed by atoms with Crippen molar-refractivity contribution >= 4 is 39.1 Å². The van der Waals surface area contributed by atoms with Crippen LogP contribution in [-0.4, -0.2) is 51.4 Å². The molecular formula is C16H18BrN3O4. The predicted molar refractivity (Wildman–Crippen MR) is 91.1 cm³/mol. The van der Waals surface area contributed by atoms with Gasteiger partial charge in [-0.05, 0) is 41.3 Å². The van der Waals surface area contributed by atoms with Crippen molar-refractivity contribution in [2.75, 3.05) is 18.0 Å². The van der Waals surface area contributed by atoms with Crippen LogP contribution in [0, 0.1) is 0 Å². The Kier molecular flexibility index (Phi) is 3.88. The van der Waals surface area contributed by atoms with Gasteiger partial charge < -0.3 is 19.5 Å². The molecule has 1 aromatic heterocycles. The lowest BCUT2D eigenvalue weighted by molar-refractivity contribution is 0.0593. The van der Waals surface area contributed by atoms with Crippen molar-refractivity contribution in [3.63, 3.8) is 0 Å². The minimum Gasteiger partial charge on any atom is -0.465 e. The van der Waals surface area contributed by atoms with Gasteiger partial charge in [-0.25, -0.2) is 4.79 Å². The fourth-order valence-corrected chi connectivity index (χ4v) is 4.26. The maximum atomic E-state index is 11.5. The third-order valence-electron chi connectivity index (χ3n) is 4.95. The van der Waals surface area contributed by atoms with E-state index in [1.165, 1.54) is 0 Å². The van der Waals surface area contributed by atoms with Gasteiger partial charge in [0.15, 0.2) is 5.58 Å². The number of aliphatic hydroxyl groups is 1. The van der Waals surface area contributed by atoms with Crippen LogP contribution in [0.25, 0.3) is 11.1 Å². The summed E-state index contributed by atoms with van der Waals surface area (Å²) in [7, 11) is 0. The quantitative estimate of drug-likeness (QED) is 0.812. The zero-order valence-corrected chi connectivity index (χ0v) is 14.6. The van der Waals surface area contributed by atoms with Crippen molar-refractivity contribution in [1.29, 1.82) is 0 Å². The number of hydrogen-bond donors (Lipinski definition) is 2. The van der Waals surface area contributed by atoms with Crippen LogP contribution in [0.5, 0.6) is 0 Å². The van der Waals surface area contributed by atoms with Gasteiger partial charge in [0, 0.05) is 18.7 Å². The van der Waals surface area contributed by atoms with Gasteiger partial charge in [-0.1, -0.05) is 6.07 Å². The SMILES string of the molecule is O=C(O)N1C2CCCC1CN(c1nc3c(CO)ccc(Br)c3o1)C2. The average Bonchev–Trinajstić information content (AvgIpc) is 3.00. The number of oxazole rings is 1. The Hall–Kier alpha value is -1.80. The number of carbonyl (C=O) groups is 1. The summed E-state index contributed by atoms with van der Waals surface area (Å²) in [5.41, 5.74) is 1.97. The number of aromatic nitrogens is 1. The third-order valence-corrected chi connectivity index (χ3v) is 5.58. The fourth-order valence-electron chi connectivity index (χ4n) is 3.86. The highest BCUT2D eigenvalue weighted by molar-refractivity contribution is 9.10. The van der Waals surface area contributed by atoms with Crippen molar-refractivity contribution < 1.29 is 19.4 Å². The number of piperazine rings is 1. The van der Waals surface area contributed by atoms with Crippen LogP contribution in [0.1, 0.15) is 24.8 Å². The van der Waals surface area contributed by atoms with Crippen LogP contribution in [0.4, 0.5) is 10.8 Å². The van der Waals surface area contributed by atoms with Crippen molar-refractivity contribution in [3.8, 4) is 0 Å². The molecule has 2 unspecified atom stereocenters. The van der Waals surface area contributed by atoms with E-state index in [-0.39, 0.29) is 18.7 Å². The van der Waals surface area contributed by atoms with Crippen LogP contribution in [0.15, 0.2) is 21.0 Å². The number of nitrogens with zero attached hydrogens (tertiary/aromatic N) is 3. The number of anilines is 1. The number of carboxylic acid groups (broad SMARTS) is 1. The standard InChI is InChI=1S/C16H18BrN3O4/c17-12-5-4-9(8-21)13-14(12)24-15(18-13)19-6-10-2-1-3-11(7-19)20(10)16(22)23/h4-5,10-11,21H,1-3,6-8H2,(H,22,23). The molecule has 2 aromatic rings. The number of fused-ring (bicyclic) bond motifs is 3. The first-order valence-corrected chi connectivity index (χ1v) is 8.82. The van der Waals surface area contributed by atoms with E-state index in [0.29, 0.717) is 35.8 Å². The van der Waals surface area contributed by atoms with Crippen LogP contribution in [-0.2, 0) is 6.61 Å². The van der Waals surface area contributed by atoms with E-state index in [2.05, 4.69) is 20.9 Å². The molecule has 0 aliphatic carbocycles. The van der Waals surface area contributed by atoms with E-state index in [4.69, 9.17) is 4.42 Å². The van der Waals surface area contributed by atoms with Gasteiger partial charge in [0.1, 0.15) is 5.52 Å². The number of piperidine rings is 1. The van der Waals surface area contributed by atoms with Crippen LogP contribution < -0.4 is 4.90 Å². The second-order valence-corrected chi connectivity index (χ2v) is 7.23. The first kappa shape index (κ1) is 15.7. The van der Waals surface area contributed by atoms with E-state index in [9.17, 15) is 15.0 Å². The molecule has 1 aromatic carbocycles. The van der Waals surface area contributed by atoms with Gasteiger partial charge in [-0.15, -0.1) is 0 Å². The van der Waals surface area contributed by atoms with Gasteiger partial charge in [0.2, 0.25) is 0 Å². The van der Waals surface area contributed by atoms with Gasteiger partial charge in [-0.2, -0.15) is 4.98 Å². The normalized spacial score (nSPS) is 23.8. The molecule has 2 bridgehead atoms. The summed E-state index contributed by atoms with van der Waals surface area (Å²) < 4.78 is 6.72. The highest BCUT2D eigenvalue weighted by atomic mass is 79.9. The summed E-state index contributed by atoms with van der Waals surface area (Å²) in [6.07, 6.45) is 1.95. The van der Waals surface area contributed by atoms with E-state index in [1.54, 1.807) is 4.90 Å². The van der Waals surface area contributed by atoms with Gasteiger partial charge in [0.05, 0.1) is 23.2 Å². The largest absolute Gasteiger partial charge is 0.465 e. The summed E-state index contributed by atoms with van der Waals surface area (Å²) in [5.74, 6) is 0. The van der Waals surface area contributed by atoms with Crippen molar-refractivity contribution in [2.24, 2.45) is 0 Å². The van der Waals surface area contributed by atoms with Gasteiger partial charge in [0.25, 0.3) is 6.01 Å². The molecule has 8 heteroatoms. The summed E-state index contributed by atoms with van der Waals surface area (Å²) in [4.78, 5) is 19.7. The first-order valence-electron chi connectivity index (χ1n) is 8.03. The second-order valence-electron chi connectivity index (χ2n) is 6.37. The van der Waals surface area contributed by atoms with Crippen molar-refractivity contribution in [3.05, 3.63) is 22.2 Å². The Bertz CT molecular complexity index is 779. The lowest BCUT2D eigenvalue weighted by Gasteiger charge is -2.48. The molecule has 2 aliphatic rings. The molecule has 2 aliphatic heterocycles. The Morgan fingerprint density at radius 2 is 2.04 bits per heavy atom. The molecule has 2 N–H and O–H groups in total. The Morgan fingerprint density at radius 3 is 2.67 bits per heavy atom. The lowest BCUT2D eigenvalue weighted by atomic mass is 9.92. The number of benzene rings is 1. The predicted octanol–water partition coefficient (Wildman–Crippen LogP) is 2.80. The summed E-state index contributed by atoms with van der Waals surface area (Å²) >= 11 is 3.45. The summed E-state index contributed by atoms with van der Waals surface area (Å²) in [6, 6.07) is 4.10. The van der Waals surface area contributed by atoms with Crippen molar-refractivity contribution in [2.45, 2.75) is 38.0 Å². The third kappa shape index (κ3) is 2.44. The Morgan fingerprint density at radius 1 is 1.33 bits per heavy atom. The van der Waals surface area contributed by atoms with Gasteiger partial charge >= 0.3 is 6.09 Å². The Balaban J connectivity index is 1.69. The molecule has 0 saturated carbocycles. The molecule has 2 atom stereocenters. The van der Waals surface area contributed by atoms with Crippen molar-refractivity contribution in [1.82, 2.24) is 9.88 Å². The molecule has 0 radical (unpaired) electrons. The topological polar surface area (TPSA) is 90.0 Å². The van der Waals surface area contributed by atoms with E-state index >= 15 is 0 Å².